The minimum atomic E-state index is 0.403. The number of hydrogen-bond donors (Lipinski definition) is 0. The van der Waals surface area contributed by atoms with E-state index in [0.717, 1.165) is 6.67 Å². The molecule has 0 fully saturated rings. The van der Waals surface area contributed by atoms with E-state index in [1.54, 1.807) is 0 Å². The first kappa shape index (κ1) is 21.1. The molecule has 0 saturated heterocycles. The van der Waals surface area contributed by atoms with Gasteiger partial charge in [-0.25, -0.2) is 0 Å². The third-order valence-corrected chi connectivity index (χ3v) is 7.43. The van der Waals surface area contributed by atoms with Crippen molar-refractivity contribution < 1.29 is 0 Å². The fourth-order valence-electron chi connectivity index (χ4n) is 5.77. The summed E-state index contributed by atoms with van der Waals surface area (Å²) in [5.74, 6) is 1.85. The third-order valence-electron chi connectivity index (χ3n) is 7.43. The van der Waals surface area contributed by atoms with Crippen LogP contribution < -0.4 is 9.80 Å². The van der Waals surface area contributed by atoms with Crippen LogP contribution in [0.4, 0.5) is 22.7 Å². The van der Waals surface area contributed by atoms with Gasteiger partial charge >= 0.3 is 0 Å². The molecule has 5 rings (SSSR count). The summed E-state index contributed by atoms with van der Waals surface area (Å²) in [6.45, 7) is 17.2. The number of rotatable bonds is 4. The van der Waals surface area contributed by atoms with Crippen molar-refractivity contribution in [2.75, 3.05) is 16.5 Å². The smallest absolute Gasteiger partial charge is 0.100 e. The largest absolute Gasteiger partial charge is 0.320 e. The maximum absolute atomic E-state index is 2.61. The van der Waals surface area contributed by atoms with E-state index < -0.39 is 0 Å². The van der Waals surface area contributed by atoms with E-state index in [4.69, 9.17) is 0 Å². The summed E-state index contributed by atoms with van der Waals surface area (Å²) in [7, 11) is 0. The summed E-state index contributed by atoms with van der Waals surface area (Å²) >= 11 is 0. The van der Waals surface area contributed by atoms with Gasteiger partial charge < -0.3 is 9.80 Å². The zero-order chi connectivity index (χ0) is 22.7. The summed E-state index contributed by atoms with van der Waals surface area (Å²) in [6.07, 6.45) is 0. The topological polar surface area (TPSA) is 6.48 Å². The van der Waals surface area contributed by atoms with Crippen molar-refractivity contribution in [1.82, 2.24) is 0 Å². The minimum Gasteiger partial charge on any atom is -0.320 e. The normalized spacial score (nSPS) is 16.9. The number of anilines is 4. The van der Waals surface area contributed by atoms with E-state index in [1.165, 1.54) is 50.6 Å². The van der Waals surface area contributed by atoms with Gasteiger partial charge in [-0.15, -0.1) is 0 Å². The van der Waals surface area contributed by atoms with E-state index in [-0.39, 0.29) is 0 Å². The number of hydrogen-bond acceptors (Lipinski definition) is 2. The van der Waals surface area contributed by atoms with Gasteiger partial charge in [0.2, 0.25) is 0 Å². The van der Waals surface area contributed by atoms with Gasteiger partial charge in [-0.2, -0.15) is 0 Å². The van der Waals surface area contributed by atoms with Crippen LogP contribution in [0.1, 0.15) is 100.0 Å². The van der Waals surface area contributed by atoms with Crippen LogP contribution in [-0.4, -0.2) is 6.67 Å². The van der Waals surface area contributed by atoms with Gasteiger partial charge in [0.05, 0.1) is 17.1 Å². The Hall–Kier alpha value is -2.74. The molecule has 3 aromatic carbocycles. The fraction of sp³-hybridized carbons (Fsp3) is 0.400. The van der Waals surface area contributed by atoms with Crippen LogP contribution in [0.25, 0.3) is 0 Å². The predicted octanol–water partition coefficient (Wildman–Crippen LogP) is 8.77. The highest BCUT2D eigenvalue weighted by molar-refractivity contribution is 5.94. The molecule has 0 N–H and O–H groups in total. The average Bonchev–Trinajstić information content (AvgIpc) is 3.16. The molecule has 0 saturated carbocycles. The Balaban J connectivity index is 1.77. The predicted molar refractivity (Wildman–Crippen MR) is 138 cm³/mol. The van der Waals surface area contributed by atoms with Crippen LogP contribution in [0.3, 0.4) is 0 Å². The van der Waals surface area contributed by atoms with Crippen molar-refractivity contribution in [3.63, 3.8) is 0 Å². The first-order valence-corrected chi connectivity index (χ1v) is 12.2. The molecular formula is C30H36N2. The van der Waals surface area contributed by atoms with Crippen LogP contribution in [-0.2, 0) is 0 Å². The molecule has 166 valence electrons. The average molecular weight is 425 g/mol. The quantitative estimate of drug-likeness (QED) is 0.413. The first-order valence-electron chi connectivity index (χ1n) is 12.2. The van der Waals surface area contributed by atoms with Crippen molar-refractivity contribution in [3.8, 4) is 0 Å². The summed E-state index contributed by atoms with van der Waals surface area (Å²) in [5, 5.41) is 0. The fourth-order valence-corrected chi connectivity index (χ4v) is 5.77. The Morgan fingerprint density at radius 2 is 1.06 bits per heavy atom. The maximum atomic E-state index is 2.61. The highest BCUT2D eigenvalue weighted by Gasteiger charge is 2.39. The Morgan fingerprint density at radius 3 is 1.62 bits per heavy atom. The molecule has 2 aliphatic heterocycles. The summed E-state index contributed by atoms with van der Waals surface area (Å²) in [6, 6.07) is 20.7. The molecule has 0 radical (unpaired) electrons. The van der Waals surface area contributed by atoms with Gasteiger partial charge in [-0.3, -0.25) is 0 Å². The van der Waals surface area contributed by atoms with Crippen LogP contribution in [0.5, 0.6) is 0 Å². The maximum Gasteiger partial charge on any atom is 0.100 e. The SMILES string of the molecule is CC(C)c1cccc(C(C)C)c1N1CN2c3c(C(C)C)cccc3C(C)c3cccc1c32. The van der Waals surface area contributed by atoms with Crippen LogP contribution >= 0.6 is 0 Å². The summed E-state index contributed by atoms with van der Waals surface area (Å²) < 4.78 is 0. The Kier molecular flexibility index (Phi) is 5.08. The van der Waals surface area contributed by atoms with Crippen molar-refractivity contribution in [2.45, 2.75) is 72.1 Å². The second-order valence-electron chi connectivity index (χ2n) is 10.5. The second-order valence-corrected chi connectivity index (χ2v) is 10.5. The molecule has 2 heterocycles. The third kappa shape index (κ3) is 2.99. The van der Waals surface area contributed by atoms with E-state index in [2.05, 4.69) is 113 Å². The molecule has 3 aromatic rings. The summed E-state index contributed by atoms with van der Waals surface area (Å²) in [5.41, 5.74) is 12.9. The standard InChI is InChI=1S/C30H36N2/c1-18(2)22-11-8-12-23(19(3)4)28(22)31-17-32-29-24(20(5)6)13-9-14-25(29)21(7)26-15-10-16-27(31)30(26)32/h8-16,18-21H,17H2,1-7H3. The van der Waals surface area contributed by atoms with Gasteiger partial charge in [0.25, 0.3) is 0 Å². The monoisotopic (exact) mass is 424 g/mol. The molecule has 2 heteroatoms. The lowest BCUT2D eigenvalue weighted by atomic mass is 9.83. The Bertz CT molecular complexity index is 1150. The molecule has 0 spiro atoms. The second kappa shape index (κ2) is 7.69. The van der Waals surface area contributed by atoms with Crippen LogP contribution in [0, 0.1) is 0 Å². The number of fused-ring (bicyclic) bond motifs is 2. The van der Waals surface area contributed by atoms with Crippen LogP contribution in [0.15, 0.2) is 54.6 Å². The first-order chi connectivity index (χ1) is 15.3. The molecule has 0 aromatic heterocycles. The van der Waals surface area contributed by atoms with Gasteiger partial charge in [-0.1, -0.05) is 97.0 Å². The van der Waals surface area contributed by atoms with E-state index in [0.29, 0.717) is 23.7 Å². The number of nitrogens with zero attached hydrogens (tertiary/aromatic N) is 2. The molecule has 0 amide bonds. The van der Waals surface area contributed by atoms with Crippen molar-refractivity contribution >= 4 is 22.7 Å². The van der Waals surface area contributed by atoms with Gasteiger partial charge in [0, 0.05) is 11.6 Å². The molecule has 2 nitrogen and oxygen atoms in total. The van der Waals surface area contributed by atoms with E-state index >= 15 is 0 Å². The molecule has 0 bridgehead atoms. The minimum absolute atomic E-state index is 0.403. The molecular weight excluding hydrogens is 388 g/mol. The van der Waals surface area contributed by atoms with Crippen LogP contribution in [0.2, 0.25) is 0 Å². The molecule has 0 aliphatic carbocycles. The molecule has 32 heavy (non-hydrogen) atoms. The Labute approximate surface area is 193 Å². The Morgan fingerprint density at radius 1 is 0.594 bits per heavy atom. The molecule has 1 unspecified atom stereocenters. The molecule has 1 atom stereocenters. The lowest BCUT2D eigenvalue weighted by molar-refractivity contribution is 0.804. The van der Waals surface area contributed by atoms with Crippen molar-refractivity contribution in [2.24, 2.45) is 0 Å². The van der Waals surface area contributed by atoms with Gasteiger partial charge in [0.1, 0.15) is 6.67 Å². The van der Waals surface area contributed by atoms with E-state index in [1.807, 2.05) is 0 Å². The lowest BCUT2D eigenvalue weighted by Crippen LogP contribution is -2.29. The zero-order valence-electron chi connectivity index (χ0n) is 20.6. The lowest BCUT2D eigenvalue weighted by Gasteiger charge is -2.35. The van der Waals surface area contributed by atoms with Crippen molar-refractivity contribution in [1.29, 1.82) is 0 Å². The summed E-state index contributed by atoms with van der Waals surface area (Å²) in [4.78, 5) is 5.21. The van der Waals surface area contributed by atoms with Gasteiger partial charge in [-0.05, 0) is 51.6 Å². The number of para-hydroxylation sites is 3. The van der Waals surface area contributed by atoms with Crippen molar-refractivity contribution in [3.05, 3.63) is 82.4 Å². The highest BCUT2D eigenvalue weighted by Crippen LogP contribution is 2.56. The number of benzene rings is 3. The highest BCUT2D eigenvalue weighted by atomic mass is 15.4. The zero-order valence-corrected chi connectivity index (χ0v) is 20.6. The van der Waals surface area contributed by atoms with E-state index in [9.17, 15) is 0 Å². The molecule has 2 aliphatic rings. The van der Waals surface area contributed by atoms with Gasteiger partial charge in [0.15, 0.2) is 0 Å².